The number of hydrogen-bond donors (Lipinski definition) is 1. The zero-order valence-electron chi connectivity index (χ0n) is 12.8. The highest BCUT2D eigenvalue weighted by Gasteiger charge is 2.18. The summed E-state index contributed by atoms with van der Waals surface area (Å²) in [6.45, 7) is -0.0800. The summed E-state index contributed by atoms with van der Waals surface area (Å²) in [5.41, 5.74) is 0. The molecule has 0 spiro atoms. The van der Waals surface area contributed by atoms with Gasteiger partial charge in [-0.3, -0.25) is 0 Å². The van der Waals surface area contributed by atoms with E-state index in [2.05, 4.69) is 35.6 Å². The Morgan fingerprint density at radius 2 is 1.91 bits per heavy atom. The van der Waals surface area contributed by atoms with E-state index in [0.29, 0.717) is 10.4 Å². The predicted octanol–water partition coefficient (Wildman–Crippen LogP) is 1.19. The lowest BCUT2D eigenvalue weighted by Crippen LogP contribution is -2.25. The normalized spacial score (nSPS) is 11.3. The first-order chi connectivity index (χ1) is 10.8. The van der Waals surface area contributed by atoms with E-state index in [1.165, 1.54) is 13.2 Å². The molecule has 1 heterocycles. The number of hydrogen-bond acceptors (Lipinski definition) is 7. The highest BCUT2D eigenvalue weighted by Crippen LogP contribution is 2.21. The van der Waals surface area contributed by atoms with Gasteiger partial charge in [0.1, 0.15) is 0 Å². The van der Waals surface area contributed by atoms with Gasteiger partial charge < -0.3 is 9.64 Å². The number of sulfonamides is 1. The van der Waals surface area contributed by atoms with Crippen LogP contribution in [0.25, 0.3) is 0 Å². The summed E-state index contributed by atoms with van der Waals surface area (Å²) >= 11 is 3.22. The van der Waals surface area contributed by atoms with Gasteiger partial charge >= 0.3 is 6.01 Å². The van der Waals surface area contributed by atoms with Crippen molar-refractivity contribution in [3.05, 3.63) is 34.6 Å². The third-order valence-corrected chi connectivity index (χ3v) is 5.19. The number of anilines is 1. The van der Waals surface area contributed by atoms with Crippen LogP contribution in [0, 0.1) is 0 Å². The Bertz CT molecular complexity index is 798. The first kappa shape index (κ1) is 17.6. The summed E-state index contributed by atoms with van der Waals surface area (Å²) in [4.78, 5) is 14.1. The molecular formula is C13H16BrN5O3S. The Balaban J connectivity index is 2.23. The molecule has 0 bridgehead atoms. The van der Waals surface area contributed by atoms with Crippen LogP contribution >= 0.6 is 15.9 Å². The van der Waals surface area contributed by atoms with Crippen molar-refractivity contribution in [2.75, 3.05) is 26.1 Å². The average Bonchev–Trinajstić information content (AvgIpc) is 2.53. The fourth-order valence-corrected chi connectivity index (χ4v) is 3.64. The molecule has 0 radical (unpaired) electrons. The van der Waals surface area contributed by atoms with Crippen molar-refractivity contribution in [1.82, 2.24) is 19.7 Å². The van der Waals surface area contributed by atoms with Crippen molar-refractivity contribution >= 4 is 31.9 Å². The van der Waals surface area contributed by atoms with Gasteiger partial charge in [0, 0.05) is 18.6 Å². The van der Waals surface area contributed by atoms with Crippen LogP contribution in [0.3, 0.4) is 0 Å². The fraction of sp³-hybridized carbons (Fsp3) is 0.308. The van der Waals surface area contributed by atoms with E-state index in [1.807, 2.05) is 0 Å². The summed E-state index contributed by atoms with van der Waals surface area (Å²) in [6, 6.07) is 6.67. The molecule has 0 fully saturated rings. The summed E-state index contributed by atoms with van der Waals surface area (Å²) in [7, 11) is 1.28. The standard InChI is InChI=1S/C13H16BrN5O3S/c1-19(2)12-16-11(17-13(18-12)22-3)8-15-23(20,21)10-7-5-4-6-9(10)14/h4-7,15H,8H2,1-3H3. The van der Waals surface area contributed by atoms with Crippen LogP contribution in [0.4, 0.5) is 5.95 Å². The average molecular weight is 402 g/mol. The zero-order valence-corrected chi connectivity index (χ0v) is 15.2. The van der Waals surface area contributed by atoms with Crippen molar-refractivity contribution in [2.45, 2.75) is 11.4 Å². The minimum atomic E-state index is -3.69. The number of aromatic nitrogens is 3. The molecule has 8 nitrogen and oxygen atoms in total. The van der Waals surface area contributed by atoms with Crippen molar-refractivity contribution in [3.63, 3.8) is 0 Å². The lowest BCUT2D eigenvalue weighted by Gasteiger charge is -2.12. The number of ether oxygens (including phenoxy) is 1. The Morgan fingerprint density at radius 3 is 2.52 bits per heavy atom. The molecule has 0 saturated carbocycles. The van der Waals surface area contributed by atoms with Crippen molar-refractivity contribution in [1.29, 1.82) is 0 Å². The largest absolute Gasteiger partial charge is 0.467 e. The van der Waals surface area contributed by atoms with Crippen LogP contribution in [0.15, 0.2) is 33.6 Å². The summed E-state index contributed by atoms with van der Waals surface area (Å²) in [5, 5.41) is 0. The predicted molar refractivity (Wildman–Crippen MR) is 88.9 cm³/mol. The van der Waals surface area contributed by atoms with Gasteiger partial charge in [0.05, 0.1) is 18.6 Å². The number of rotatable bonds is 6. The maximum atomic E-state index is 12.3. The minimum Gasteiger partial charge on any atom is -0.467 e. The fourth-order valence-electron chi connectivity index (χ4n) is 1.66. The SMILES string of the molecule is COc1nc(CNS(=O)(=O)c2ccccc2Br)nc(N(C)C)n1. The van der Waals surface area contributed by atoms with E-state index in [0.717, 1.165) is 0 Å². The molecule has 1 N–H and O–H groups in total. The molecule has 0 aliphatic rings. The van der Waals surface area contributed by atoms with Crippen LogP contribution < -0.4 is 14.4 Å². The molecular weight excluding hydrogens is 386 g/mol. The molecule has 2 rings (SSSR count). The number of nitrogens with zero attached hydrogens (tertiary/aromatic N) is 4. The zero-order chi connectivity index (χ0) is 17.0. The molecule has 23 heavy (non-hydrogen) atoms. The second kappa shape index (κ2) is 7.20. The van der Waals surface area contributed by atoms with Crippen LogP contribution in [-0.4, -0.2) is 44.6 Å². The van der Waals surface area contributed by atoms with E-state index >= 15 is 0 Å². The van der Waals surface area contributed by atoms with Gasteiger partial charge in [0.25, 0.3) is 0 Å². The maximum absolute atomic E-state index is 12.3. The Morgan fingerprint density at radius 1 is 1.22 bits per heavy atom. The van der Waals surface area contributed by atoms with E-state index < -0.39 is 10.0 Å². The molecule has 0 unspecified atom stereocenters. The molecule has 0 aliphatic heterocycles. The molecule has 0 aliphatic carbocycles. The smallest absolute Gasteiger partial charge is 0.321 e. The van der Waals surface area contributed by atoms with E-state index in [4.69, 9.17) is 4.74 Å². The minimum absolute atomic E-state index is 0.0800. The van der Waals surface area contributed by atoms with Crippen molar-refractivity contribution < 1.29 is 13.2 Å². The topological polar surface area (TPSA) is 97.3 Å². The molecule has 0 amide bonds. The van der Waals surface area contributed by atoms with E-state index in [-0.39, 0.29) is 23.3 Å². The first-order valence-corrected chi connectivity index (χ1v) is 8.81. The molecule has 10 heteroatoms. The molecule has 124 valence electrons. The van der Waals surface area contributed by atoms with Gasteiger partial charge in [0.15, 0.2) is 5.82 Å². The third-order valence-electron chi connectivity index (χ3n) is 2.78. The summed E-state index contributed by atoms with van der Waals surface area (Å²) < 4.78 is 32.6. The van der Waals surface area contributed by atoms with Crippen molar-refractivity contribution in [3.8, 4) is 6.01 Å². The van der Waals surface area contributed by atoms with Gasteiger partial charge in [0.2, 0.25) is 16.0 Å². The number of halogens is 1. The highest BCUT2D eigenvalue weighted by atomic mass is 79.9. The highest BCUT2D eigenvalue weighted by molar-refractivity contribution is 9.10. The van der Waals surface area contributed by atoms with Gasteiger partial charge in [-0.2, -0.15) is 15.0 Å². The number of methoxy groups -OCH3 is 1. The monoisotopic (exact) mass is 401 g/mol. The molecule has 2 aromatic rings. The second-order valence-electron chi connectivity index (χ2n) is 4.69. The Hall–Kier alpha value is -1.78. The molecule has 1 aromatic carbocycles. The van der Waals surface area contributed by atoms with Gasteiger partial charge in [-0.15, -0.1) is 0 Å². The van der Waals surface area contributed by atoms with Crippen LogP contribution in [0.5, 0.6) is 6.01 Å². The molecule has 0 saturated heterocycles. The lowest BCUT2D eigenvalue weighted by atomic mass is 10.4. The van der Waals surface area contributed by atoms with Gasteiger partial charge in [-0.1, -0.05) is 12.1 Å². The van der Waals surface area contributed by atoms with E-state index in [1.54, 1.807) is 37.2 Å². The van der Waals surface area contributed by atoms with Gasteiger partial charge in [-0.05, 0) is 28.1 Å². The quantitative estimate of drug-likeness (QED) is 0.775. The number of nitrogens with one attached hydrogen (secondary N) is 1. The first-order valence-electron chi connectivity index (χ1n) is 6.54. The molecule has 1 aromatic heterocycles. The van der Waals surface area contributed by atoms with Crippen LogP contribution in [-0.2, 0) is 16.6 Å². The van der Waals surface area contributed by atoms with E-state index in [9.17, 15) is 8.42 Å². The van der Waals surface area contributed by atoms with Gasteiger partial charge in [-0.25, -0.2) is 13.1 Å². The lowest BCUT2D eigenvalue weighted by molar-refractivity contribution is 0.375. The molecule has 0 atom stereocenters. The second-order valence-corrected chi connectivity index (χ2v) is 7.28. The van der Waals surface area contributed by atoms with Crippen LogP contribution in [0.1, 0.15) is 5.82 Å². The van der Waals surface area contributed by atoms with Crippen molar-refractivity contribution in [2.24, 2.45) is 0 Å². The number of benzene rings is 1. The Kier molecular flexibility index (Phi) is 5.50. The van der Waals surface area contributed by atoms with Crippen LogP contribution in [0.2, 0.25) is 0 Å². The summed E-state index contributed by atoms with van der Waals surface area (Å²) in [6.07, 6.45) is 0. The Labute approximate surface area is 143 Å². The summed E-state index contributed by atoms with van der Waals surface area (Å²) in [5.74, 6) is 0.642. The maximum Gasteiger partial charge on any atom is 0.321 e. The third kappa shape index (κ3) is 4.36.